The molecule has 3 aromatic rings. The van der Waals surface area contributed by atoms with Crippen molar-refractivity contribution >= 4 is 35.6 Å². The molecular formula is C24H35IN8. The van der Waals surface area contributed by atoms with Gasteiger partial charge in [0.1, 0.15) is 0 Å². The Balaban J connectivity index is 0.00000306. The molecule has 0 atom stereocenters. The molecule has 1 aromatic carbocycles. The van der Waals surface area contributed by atoms with Gasteiger partial charge < -0.3 is 15.5 Å². The first-order valence-corrected chi connectivity index (χ1v) is 11.6. The molecule has 3 heterocycles. The van der Waals surface area contributed by atoms with Gasteiger partial charge in [-0.15, -0.1) is 34.2 Å². The summed E-state index contributed by atoms with van der Waals surface area (Å²) in [5.41, 5.74) is 3.48. The summed E-state index contributed by atoms with van der Waals surface area (Å²) in [6.45, 7) is 13.0. The predicted molar refractivity (Wildman–Crippen MR) is 144 cm³/mol. The van der Waals surface area contributed by atoms with E-state index >= 15 is 0 Å². The number of piperazine rings is 1. The van der Waals surface area contributed by atoms with Gasteiger partial charge in [-0.3, -0.25) is 9.30 Å². The van der Waals surface area contributed by atoms with Crippen molar-refractivity contribution in [2.24, 2.45) is 4.99 Å². The van der Waals surface area contributed by atoms with Crippen molar-refractivity contribution in [3.8, 4) is 0 Å². The van der Waals surface area contributed by atoms with E-state index in [9.17, 15) is 0 Å². The lowest BCUT2D eigenvalue weighted by atomic mass is 10.1. The average Bonchev–Trinajstić information content (AvgIpc) is 3.25. The van der Waals surface area contributed by atoms with Crippen molar-refractivity contribution < 1.29 is 0 Å². The van der Waals surface area contributed by atoms with E-state index in [2.05, 4.69) is 68.7 Å². The zero-order chi connectivity index (χ0) is 22.2. The van der Waals surface area contributed by atoms with Crippen molar-refractivity contribution in [1.82, 2.24) is 35.0 Å². The normalized spacial score (nSPS) is 15.4. The predicted octanol–water partition coefficient (Wildman–Crippen LogP) is 2.74. The highest BCUT2D eigenvalue weighted by Gasteiger charge is 2.16. The highest BCUT2D eigenvalue weighted by molar-refractivity contribution is 14.0. The first-order valence-electron chi connectivity index (χ1n) is 11.6. The molecule has 1 saturated heterocycles. The van der Waals surface area contributed by atoms with E-state index < -0.39 is 0 Å². The van der Waals surface area contributed by atoms with Crippen LogP contribution >= 0.6 is 24.0 Å². The zero-order valence-electron chi connectivity index (χ0n) is 19.6. The van der Waals surface area contributed by atoms with E-state index in [1.165, 1.54) is 11.1 Å². The summed E-state index contributed by atoms with van der Waals surface area (Å²) >= 11 is 0. The Bertz CT molecular complexity index is 1030. The van der Waals surface area contributed by atoms with Crippen LogP contribution in [0.4, 0.5) is 0 Å². The van der Waals surface area contributed by atoms with Gasteiger partial charge >= 0.3 is 0 Å². The van der Waals surface area contributed by atoms with E-state index in [0.717, 1.165) is 63.2 Å². The van der Waals surface area contributed by atoms with Crippen molar-refractivity contribution in [1.29, 1.82) is 0 Å². The van der Waals surface area contributed by atoms with Gasteiger partial charge in [0.2, 0.25) is 0 Å². The third-order valence-corrected chi connectivity index (χ3v) is 5.97. The minimum absolute atomic E-state index is 0. The highest BCUT2D eigenvalue weighted by Crippen LogP contribution is 2.14. The minimum atomic E-state index is 0. The summed E-state index contributed by atoms with van der Waals surface area (Å²) in [4.78, 5) is 9.92. The second-order valence-electron chi connectivity index (χ2n) is 8.07. The number of fused-ring (bicyclic) bond motifs is 1. The van der Waals surface area contributed by atoms with Crippen LogP contribution in [0.15, 0.2) is 53.7 Å². The molecule has 0 unspecified atom stereocenters. The Hall–Kier alpha value is -2.24. The van der Waals surface area contributed by atoms with Crippen LogP contribution in [-0.4, -0.2) is 69.6 Å². The fourth-order valence-electron chi connectivity index (χ4n) is 4.05. The molecule has 33 heavy (non-hydrogen) atoms. The molecule has 0 bridgehead atoms. The van der Waals surface area contributed by atoms with E-state index in [0.29, 0.717) is 13.1 Å². The van der Waals surface area contributed by atoms with E-state index in [4.69, 9.17) is 4.99 Å². The molecule has 0 amide bonds. The molecule has 8 nitrogen and oxygen atoms in total. The van der Waals surface area contributed by atoms with Crippen LogP contribution in [0.1, 0.15) is 30.8 Å². The maximum Gasteiger partial charge on any atom is 0.191 e. The molecule has 2 aromatic heterocycles. The Morgan fingerprint density at radius 2 is 1.64 bits per heavy atom. The van der Waals surface area contributed by atoms with Gasteiger partial charge in [0.25, 0.3) is 0 Å². The SMILES string of the molecule is CCNC(=NCc1ccccc1CN1CCN(CC)CC1)NCc1nnc2ccccn12.I. The second-order valence-corrected chi connectivity index (χ2v) is 8.07. The van der Waals surface area contributed by atoms with Crippen LogP contribution in [-0.2, 0) is 19.6 Å². The van der Waals surface area contributed by atoms with Gasteiger partial charge in [-0.2, -0.15) is 0 Å². The molecule has 2 N–H and O–H groups in total. The summed E-state index contributed by atoms with van der Waals surface area (Å²) in [6.07, 6.45) is 1.98. The molecular weight excluding hydrogens is 527 g/mol. The van der Waals surface area contributed by atoms with Gasteiger partial charge in [-0.1, -0.05) is 37.3 Å². The number of hydrogen-bond acceptors (Lipinski definition) is 5. The largest absolute Gasteiger partial charge is 0.357 e. The molecule has 1 aliphatic heterocycles. The first-order chi connectivity index (χ1) is 15.8. The van der Waals surface area contributed by atoms with Crippen molar-refractivity contribution in [2.75, 3.05) is 39.3 Å². The van der Waals surface area contributed by atoms with Crippen molar-refractivity contribution in [3.63, 3.8) is 0 Å². The minimum Gasteiger partial charge on any atom is -0.357 e. The Labute approximate surface area is 213 Å². The van der Waals surface area contributed by atoms with Gasteiger partial charge in [-0.25, -0.2) is 4.99 Å². The standard InChI is InChI=1S/C24H34N8.HI/c1-3-25-24(27-18-23-29-28-22-11-7-8-12-32(22)23)26-17-20-9-5-6-10-21(20)19-31-15-13-30(4-2)14-16-31;/h5-12H,3-4,13-19H2,1-2H3,(H2,25,26,27);1H. The number of hydrogen-bond donors (Lipinski definition) is 2. The van der Waals surface area contributed by atoms with Gasteiger partial charge in [0.05, 0.1) is 13.1 Å². The van der Waals surface area contributed by atoms with Crippen LogP contribution in [0.2, 0.25) is 0 Å². The third kappa shape index (κ3) is 6.87. The Kier molecular flexibility index (Phi) is 9.89. The lowest BCUT2D eigenvalue weighted by Gasteiger charge is -2.34. The molecule has 0 spiro atoms. The maximum atomic E-state index is 4.85. The summed E-state index contributed by atoms with van der Waals surface area (Å²) in [5, 5.41) is 15.3. The summed E-state index contributed by atoms with van der Waals surface area (Å²) < 4.78 is 1.99. The number of benzene rings is 1. The number of pyridine rings is 1. The lowest BCUT2D eigenvalue weighted by Crippen LogP contribution is -2.45. The van der Waals surface area contributed by atoms with E-state index in [1.54, 1.807) is 0 Å². The highest BCUT2D eigenvalue weighted by atomic mass is 127. The van der Waals surface area contributed by atoms with Crippen molar-refractivity contribution in [3.05, 3.63) is 65.6 Å². The summed E-state index contributed by atoms with van der Waals surface area (Å²) in [5.74, 6) is 1.64. The number of likely N-dealkylation sites (N-methyl/N-ethyl adjacent to an activating group) is 1. The van der Waals surface area contributed by atoms with Crippen LogP contribution in [0.5, 0.6) is 0 Å². The van der Waals surface area contributed by atoms with Gasteiger partial charge in [-0.05, 0) is 36.7 Å². The molecule has 0 radical (unpaired) electrons. The van der Waals surface area contributed by atoms with E-state index in [1.807, 2.05) is 28.8 Å². The molecule has 1 aliphatic rings. The monoisotopic (exact) mass is 562 g/mol. The number of halogens is 1. The number of rotatable bonds is 8. The van der Waals surface area contributed by atoms with E-state index in [-0.39, 0.29) is 24.0 Å². The number of aromatic nitrogens is 3. The molecule has 9 heteroatoms. The maximum absolute atomic E-state index is 4.85. The molecule has 0 aliphatic carbocycles. The number of nitrogens with one attached hydrogen (secondary N) is 2. The Morgan fingerprint density at radius 1 is 0.909 bits per heavy atom. The number of guanidine groups is 1. The molecule has 178 valence electrons. The Morgan fingerprint density at radius 3 is 2.39 bits per heavy atom. The van der Waals surface area contributed by atoms with Crippen LogP contribution in [0.3, 0.4) is 0 Å². The van der Waals surface area contributed by atoms with Gasteiger partial charge in [0, 0.05) is 45.5 Å². The quantitative estimate of drug-likeness (QED) is 0.250. The summed E-state index contributed by atoms with van der Waals surface area (Å²) in [6, 6.07) is 14.6. The molecule has 0 saturated carbocycles. The van der Waals surface area contributed by atoms with Crippen LogP contribution < -0.4 is 10.6 Å². The van der Waals surface area contributed by atoms with Crippen molar-refractivity contribution in [2.45, 2.75) is 33.5 Å². The van der Waals surface area contributed by atoms with Gasteiger partial charge in [0.15, 0.2) is 17.4 Å². The summed E-state index contributed by atoms with van der Waals surface area (Å²) in [7, 11) is 0. The fraction of sp³-hybridized carbons (Fsp3) is 0.458. The van der Waals surface area contributed by atoms with Crippen LogP contribution in [0, 0.1) is 0 Å². The zero-order valence-corrected chi connectivity index (χ0v) is 21.9. The fourth-order valence-corrected chi connectivity index (χ4v) is 4.05. The third-order valence-electron chi connectivity index (χ3n) is 5.97. The van der Waals surface area contributed by atoms with Crippen LogP contribution in [0.25, 0.3) is 5.65 Å². The molecule has 4 rings (SSSR count). The topological polar surface area (TPSA) is 73.1 Å². The smallest absolute Gasteiger partial charge is 0.191 e. The first kappa shape index (κ1) is 25.4. The lowest BCUT2D eigenvalue weighted by molar-refractivity contribution is 0.131. The molecule has 1 fully saturated rings. The number of nitrogens with zero attached hydrogens (tertiary/aromatic N) is 6. The second kappa shape index (κ2) is 12.9. The number of aliphatic imine (C=N–C) groups is 1. The average molecular weight is 563 g/mol.